The number of phenolic OH excluding ortho intramolecular Hbond substituents is 1. The molecule has 1 aliphatic heterocycles. The topological polar surface area (TPSA) is 96.3 Å². The third-order valence-corrected chi connectivity index (χ3v) is 6.05. The van der Waals surface area contributed by atoms with Crippen LogP contribution in [-0.4, -0.2) is 35.4 Å². The first kappa shape index (κ1) is 25.1. The number of methoxy groups -OCH3 is 1. The first-order chi connectivity index (χ1) is 17.0. The number of aromatic hydroxyl groups is 1. The minimum Gasteiger partial charge on any atom is -0.508 e. The lowest BCUT2D eigenvalue weighted by atomic mass is 9.95. The molecule has 7 nitrogen and oxygen atoms in total. The molecule has 0 aliphatic carbocycles. The van der Waals surface area contributed by atoms with Gasteiger partial charge in [-0.05, 0) is 76.1 Å². The van der Waals surface area contributed by atoms with Gasteiger partial charge in [-0.2, -0.15) is 0 Å². The van der Waals surface area contributed by atoms with Crippen molar-refractivity contribution in [3.8, 4) is 17.2 Å². The molecule has 0 saturated carbocycles. The van der Waals surface area contributed by atoms with Gasteiger partial charge in [0.2, 0.25) is 0 Å². The summed E-state index contributed by atoms with van der Waals surface area (Å²) >= 11 is 3.31. The van der Waals surface area contributed by atoms with Crippen molar-refractivity contribution in [2.45, 2.75) is 12.4 Å². The van der Waals surface area contributed by atoms with Gasteiger partial charge in [-0.25, -0.2) is 0 Å². The molecule has 1 unspecified atom stereocenters. The lowest BCUT2D eigenvalue weighted by molar-refractivity contribution is -0.274. The summed E-state index contributed by atoms with van der Waals surface area (Å²) in [5.74, 6) is -2.55. The van der Waals surface area contributed by atoms with Crippen LogP contribution in [0.1, 0.15) is 17.2 Å². The molecule has 1 atom stereocenters. The fourth-order valence-electron chi connectivity index (χ4n) is 3.85. The maximum atomic E-state index is 13.1. The molecule has 0 aromatic heterocycles. The number of rotatable bonds is 5. The van der Waals surface area contributed by atoms with Crippen LogP contribution in [0.25, 0.3) is 5.76 Å². The smallest absolute Gasteiger partial charge is 0.508 e. The summed E-state index contributed by atoms with van der Waals surface area (Å²) in [6.07, 6.45) is -4.90. The molecule has 3 aromatic rings. The average molecular weight is 564 g/mol. The number of alkyl halides is 3. The third kappa shape index (κ3) is 4.87. The van der Waals surface area contributed by atoms with E-state index in [0.717, 1.165) is 17.0 Å². The molecule has 1 heterocycles. The third-order valence-electron chi connectivity index (χ3n) is 5.43. The Hall–Kier alpha value is -3.99. The largest absolute Gasteiger partial charge is 0.573 e. The molecule has 0 bridgehead atoms. The van der Waals surface area contributed by atoms with E-state index in [9.17, 15) is 33.0 Å². The molecule has 0 spiro atoms. The van der Waals surface area contributed by atoms with Crippen LogP contribution in [0.3, 0.4) is 0 Å². The number of hydrogen-bond acceptors (Lipinski definition) is 6. The van der Waals surface area contributed by atoms with Gasteiger partial charge in [0, 0.05) is 11.3 Å². The van der Waals surface area contributed by atoms with Crippen LogP contribution in [0.2, 0.25) is 0 Å². The summed E-state index contributed by atoms with van der Waals surface area (Å²) in [6, 6.07) is 13.5. The predicted molar refractivity (Wildman–Crippen MR) is 127 cm³/mol. The molecule has 2 N–H and O–H groups in total. The molecular formula is C25H17BrF3NO6. The van der Waals surface area contributed by atoms with Crippen molar-refractivity contribution in [1.29, 1.82) is 0 Å². The molecule has 1 aliphatic rings. The Morgan fingerprint density at radius 3 is 2.19 bits per heavy atom. The SMILES string of the molecule is COc1ccc(/C(O)=C2/C(=O)C(=O)N(c3ccc(OC(F)(F)F)cc3)C2c2ccc(O)cc2)cc1Br. The maximum Gasteiger partial charge on any atom is 0.573 e. The average Bonchev–Trinajstić information content (AvgIpc) is 3.09. The number of ketones is 1. The molecule has 186 valence electrons. The second-order valence-electron chi connectivity index (χ2n) is 7.65. The van der Waals surface area contributed by atoms with Crippen molar-refractivity contribution in [2.75, 3.05) is 12.0 Å². The highest BCUT2D eigenvalue weighted by Gasteiger charge is 2.47. The zero-order valence-corrected chi connectivity index (χ0v) is 20.0. The number of benzene rings is 3. The van der Waals surface area contributed by atoms with Crippen LogP contribution in [0, 0.1) is 0 Å². The van der Waals surface area contributed by atoms with Crippen molar-refractivity contribution in [2.24, 2.45) is 0 Å². The number of phenols is 1. The van der Waals surface area contributed by atoms with Crippen LogP contribution in [0.15, 0.2) is 76.8 Å². The van der Waals surface area contributed by atoms with Crippen LogP contribution in [-0.2, 0) is 9.59 Å². The Kier molecular flexibility index (Phi) is 6.68. The minimum atomic E-state index is -4.90. The molecular weight excluding hydrogens is 547 g/mol. The quantitative estimate of drug-likeness (QED) is 0.235. The Bertz CT molecular complexity index is 1350. The van der Waals surface area contributed by atoms with E-state index in [1.807, 2.05) is 0 Å². The first-order valence-corrected chi connectivity index (χ1v) is 11.1. The number of nitrogens with zero attached hydrogens (tertiary/aromatic N) is 1. The summed E-state index contributed by atoms with van der Waals surface area (Å²) in [4.78, 5) is 27.3. The maximum absolute atomic E-state index is 13.1. The van der Waals surface area contributed by atoms with Gasteiger partial charge in [0.1, 0.15) is 23.0 Å². The highest BCUT2D eigenvalue weighted by molar-refractivity contribution is 9.10. The zero-order chi connectivity index (χ0) is 26.2. The van der Waals surface area contributed by atoms with E-state index in [-0.39, 0.29) is 22.6 Å². The number of carbonyl (C=O) groups excluding carboxylic acids is 2. The predicted octanol–water partition coefficient (Wildman–Crippen LogP) is 5.69. The van der Waals surface area contributed by atoms with Crippen molar-refractivity contribution in [3.63, 3.8) is 0 Å². The van der Waals surface area contributed by atoms with E-state index in [1.165, 1.54) is 55.6 Å². The van der Waals surface area contributed by atoms with Gasteiger partial charge in [0.05, 0.1) is 23.2 Å². The second-order valence-corrected chi connectivity index (χ2v) is 8.51. The molecule has 1 amide bonds. The summed E-state index contributed by atoms with van der Waals surface area (Å²) in [6.45, 7) is 0. The number of carbonyl (C=O) groups is 2. The van der Waals surface area contributed by atoms with Crippen molar-refractivity contribution >= 4 is 39.1 Å². The first-order valence-electron chi connectivity index (χ1n) is 10.3. The molecule has 0 radical (unpaired) electrons. The van der Waals surface area contributed by atoms with E-state index < -0.39 is 35.6 Å². The van der Waals surface area contributed by atoms with Gasteiger partial charge in [0.25, 0.3) is 11.7 Å². The zero-order valence-electron chi connectivity index (χ0n) is 18.4. The summed E-state index contributed by atoms with van der Waals surface area (Å²) in [5.41, 5.74) is 0.452. The Morgan fingerprint density at radius 2 is 1.64 bits per heavy atom. The molecule has 1 fully saturated rings. The number of ether oxygens (including phenoxy) is 2. The van der Waals surface area contributed by atoms with E-state index in [2.05, 4.69) is 20.7 Å². The van der Waals surface area contributed by atoms with Crippen LogP contribution < -0.4 is 14.4 Å². The number of anilines is 1. The monoisotopic (exact) mass is 563 g/mol. The highest BCUT2D eigenvalue weighted by atomic mass is 79.9. The van der Waals surface area contributed by atoms with Crippen LogP contribution in [0.4, 0.5) is 18.9 Å². The van der Waals surface area contributed by atoms with Crippen molar-refractivity contribution in [3.05, 3.63) is 87.9 Å². The van der Waals surface area contributed by atoms with Crippen molar-refractivity contribution < 1.29 is 42.4 Å². The van der Waals surface area contributed by atoms with Gasteiger partial charge in [-0.15, -0.1) is 13.2 Å². The lowest BCUT2D eigenvalue weighted by Gasteiger charge is -2.25. The van der Waals surface area contributed by atoms with Gasteiger partial charge in [-0.1, -0.05) is 12.1 Å². The van der Waals surface area contributed by atoms with E-state index in [4.69, 9.17) is 4.74 Å². The van der Waals surface area contributed by atoms with E-state index >= 15 is 0 Å². The molecule has 11 heteroatoms. The van der Waals surface area contributed by atoms with Crippen LogP contribution in [0.5, 0.6) is 17.2 Å². The second kappa shape index (κ2) is 9.57. The Balaban J connectivity index is 1.85. The number of halogens is 4. The van der Waals surface area contributed by atoms with Crippen LogP contribution >= 0.6 is 15.9 Å². The van der Waals surface area contributed by atoms with Gasteiger partial charge in [0.15, 0.2) is 0 Å². The van der Waals surface area contributed by atoms with Gasteiger partial charge in [-0.3, -0.25) is 14.5 Å². The summed E-state index contributed by atoms with van der Waals surface area (Å²) in [5, 5.41) is 20.9. The number of aliphatic hydroxyl groups excluding tert-OH is 1. The Morgan fingerprint density at radius 1 is 1.00 bits per heavy atom. The lowest BCUT2D eigenvalue weighted by Crippen LogP contribution is -2.29. The van der Waals surface area contributed by atoms with E-state index in [1.54, 1.807) is 6.07 Å². The van der Waals surface area contributed by atoms with E-state index in [0.29, 0.717) is 15.8 Å². The van der Waals surface area contributed by atoms with Gasteiger partial charge < -0.3 is 19.7 Å². The fourth-order valence-corrected chi connectivity index (χ4v) is 4.39. The number of Topliss-reactive ketones (excluding diaryl/α,β-unsaturated/α-hetero) is 1. The normalized spacial score (nSPS) is 17.4. The molecule has 1 saturated heterocycles. The standard InChI is InChI=1S/C25H17BrF3NO6/c1-35-19-11-4-14(12-18(19)26)22(32)20-21(13-2-7-16(31)8-3-13)30(24(34)23(20)33)15-5-9-17(10-6-15)36-25(27,28)29/h2-12,21,31-32H,1H3/b22-20-. The molecule has 3 aromatic carbocycles. The van der Waals surface area contributed by atoms with Crippen molar-refractivity contribution in [1.82, 2.24) is 0 Å². The number of hydrogen-bond donors (Lipinski definition) is 2. The minimum absolute atomic E-state index is 0.0663. The summed E-state index contributed by atoms with van der Waals surface area (Å²) in [7, 11) is 1.46. The fraction of sp³-hybridized carbons (Fsp3) is 0.120. The number of amides is 1. The molecule has 36 heavy (non-hydrogen) atoms. The molecule has 4 rings (SSSR count). The Labute approximate surface area is 211 Å². The van der Waals surface area contributed by atoms with Gasteiger partial charge >= 0.3 is 6.36 Å². The highest BCUT2D eigenvalue weighted by Crippen LogP contribution is 2.43. The number of aliphatic hydroxyl groups is 1. The summed E-state index contributed by atoms with van der Waals surface area (Å²) < 4.78 is 47.2.